The summed E-state index contributed by atoms with van der Waals surface area (Å²) in [7, 11) is 0. The van der Waals surface area contributed by atoms with Gasteiger partial charge in [-0.3, -0.25) is 4.79 Å². The quantitative estimate of drug-likeness (QED) is 0.0422. The van der Waals surface area contributed by atoms with E-state index in [9.17, 15) is 15.0 Å². The predicted molar refractivity (Wildman–Crippen MR) is 262 cm³/mol. The van der Waals surface area contributed by atoms with Crippen LogP contribution in [0.3, 0.4) is 0 Å². The summed E-state index contributed by atoms with van der Waals surface area (Å²) in [4.78, 5) is 12.4. The maximum Gasteiger partial charge on any atom is 0.220 e. The van der Waals surface area contributed by atoms with E-state index in [1.54, 1.807) is 6.08 Å². The maximum atomic E-state index is 12.4. The van der Waals surface area contributed by atoms with Gasteiger partial charge < -0.3 is 15.5 Å². The predicted octanol–water partition coefficient (Wildman–Crippen LogP) is 17.5. The zero-order chi connectivity index (χ0) is 42.8. The fraction of sp³-hybridized carbons (Fsp3) is 0.909. The number of rotatable bonds is 50. The lowest BCUT2D eigenvalue weighted by atomic mass is 10.0. The van der Waals surface area contributed by atoms with Crippen LogP contribution in [0.1, 0.15) is 303 Å². The Morgan fingerprint density at radius 1 is 0.390 bits per heavy atom. The number of hydrogen-bond donors (Lipinski definition) is 3. The number of carbonyl (C=O) groups is 1. The molecule has 59 heavy (non-hydrogen) atoms. The molecule has 2 unspecified atom stereocenters. The largest absolute Gasteiger partial charge is 0.394 e. The van der Waals surface area contributed by atoms with E-state index in [1.807, 2.05) is 6.08 Å². The number of hydrogen-bond acceptors (Lipinski definition) is 3. The summed E-state index contributed by atoms with van der Waals surface area (Å²) in [6.45, 7) is 4.29. The van der Waals surface area contributed by atoms with E-state index in [2.05, 4.69) is 31.3 Å². The van der Waals surface area contributed by atoms with Gasteiger partial charge in [-0.05, 0) is 44.9 Å². The molecule has 3 N–H and O–H groups in total. The average Bonchev–Trinajstić information content (AvgIpc) is 3.24. The van der Waals surface area contributed by atoms with Crippen molar-refractivity contribution in [3.8, 4) is 0 Å². The standard InChI is InChI=1S/C55H107NO3/c1-3-5-7-9-11-13-14-15-16-17-18-19-20-21-22-23-24-25-26-27-28-29-30-31-32-33-34-35-36-37-38-39-40-41-42-43-45-47-49-51-55(59)56-53(52-57)54(58)50-48-46-44-12-10-8-6-4-2/h17-18,48,50,53-54,57-58H,3-16,19-47,49,51-52H2,1-2H3,(H,56,59)/b18-17-,50-48+. The Labute approximate surface area is 370 Å². The molecule has 0 spiro atoms. The summed E-state index contributed by atoms with van der Waals surface area (Å²) in [5.74, 6) is -0.0621. The molecule has 4 nitrogen and oxygen atoms in total. The molecule has 0 aliphatic carbocycles. The van der Waals surface area contributed by atoms with E-state index >= 15 is 0 Å². The SMILES string of the molecule is CCCCCCCC/C=C/C(O)C(CO)NC(=O)CCCCCCCCCCCCCCCCCCCCCCCCCCCCC/C=C\CCCCCCCCCC. The van der Waals surface area contributed by atoms with E-state index < -0.39 is 12.1 Å². The normalized spacial score (nSPS) is 12.9. The molecular formula is C55H107NO3. The van der Waals surface area contributed by atoms with Crippen LogP contribution in [0, 0.1) is 0 Å². The minimum Gasteiger partial charge on any atom is -0.394 e. The molecule has 0 saturated heterocycles. The van der Waals surface area contributed by atoms with Crippen LogP contribution in [0.2, 0.25) is 0 Å². The summed E-state index contributed by atoms with van der Waals surface area (Å²) in [6, 6.07) is -0.616. The number of amides is 1. The third-order valence-electron chi connectivity index (χ3n) is 12.7. The molecule has 0 aromatic rings. The van der Waals surface area contributed by atoms with Crippen molar-refractivity contribution in [3.63, 3.8) is 0 Å². The molecule has 0 aliphatic heterocycles. The number of unbranched alkanes of at least 4 members (excludes halogenated alkanes) is 41. The Morgan fingerprint density at radius 2 is 0.644 bits per heavy atom. The van der Waals surface area contributed by atoms with Crippen molar-refractivity contribution in [2.75, 3.05) is 6.61 Å². The average molecular weight is 830 g/mol. The molecule has 1 amide bonds. The first-order valence-corrected chi connectivity index (χ1v) is 27.1. The number of nitrogens with one attached hydrogen (secondary N) is 1. The van der Waals surface area contributed by atoms with Crippen molar-refractivity contribution in [1.29, 1.82) is 0 Å². The van der Waals surface area contributed by atoms with Gasteiger partial charge in [0.05, 0.1) is 18.8 Å². The van der Waals surface area contributed by atoms with Gasteiger partial charge in [0.15, 0.2) is 0 Å². The topological polar surface area (TPSA) is 69.6 Å². The number of aliphatic hydroxyl groups excluding tert-OH is 2. The molecule has 0 radical (unpaired) electrons. The molecule has 0 heterocycles. The monoisotopic (exact) mass is 830 g/mol. The number of aliphatic hydroxyl groups is 2. The van der Waals surface area contributed by atoms with Crippen molar-refractivity contribution >= 4 is 5.91 Å². The number of carbonyl (C=O) groups excluding carboxylic acids is 1. The minimum atomic E-state index is -0.833. The smallest absolute Gasteiger partial charge is 0.220 e. The fourth-order valence-corrected chi connectivity index (χ4v) is 8.53. The highest BCUT2D eigenvalue weighted by Gasteiger charge is 2.18. The van der Waals surface area contributed by atoms with Crippen molar-refractivity contribution in [3.05, 3.63) is 24.3 Å². The second-order valence-corrected chi connectivity index (χ2v) is 18.7. The van der Waals surface area contributed by atoms with Gasteiger partial charge in [0.25, 0.3) is 0 Å². The van der Waals surface area contributed by atoms with Crippen LogP contribution in [-0.2, 0) is 4.79 Å². The Balaban J connectivity index is 3.31. The van der Waals surface area contributed by atoms with Gasteiger partial charge in [0.2, 0.25) is 5.91 Å². The lowest BCUT2D eigenvalue weighted by molar-refractivity contribution is -0.123. The molecule has 0 saturated carbocycles. The fourth-order valence-electron chi connectivity index (χ4n) is 8.53. The van der Waals surface area contributed by atoms with E-state index in [0.29, 0.717) is 6.42 Å². The number of allylic oxidation sites excluding steroid dienone is 3. The Bertz CT molecular complexity index is 855. The molecule has 0 fully saturated rings. The summed E-state index contributed by atoms with van der Waals surface area (Å²) in [6.07, 6.45) is 68.0. The van der Waals surface area contributed by atoms with Crippen LogP contribution in [0.25, 0.3) is 0 Å². The summed E-state index contributed by atoms with van der Waals surface area (Å²) in [5, 5.41) is 22.9. The third kappa shape index (κ3) is 47.8. The molecule has 0 bridgehead atoms. The van der Waals surface area contributed by atoms with E-state index in [-0.39, 0.29) is 12.5 Å². The molecule has 0 aliphatic rings. The lowest BCUT2D eigenvalue weighted by Gasteiger charge is -2.20. The molecule has 2 atom stereocenters. The van der Waals surface area contributed by atoms with Crippen LogP contribution in [0.4, 0.5) is 0 Å². The van der Waals surface area contributed by atoms with E-state index in [0.717, 1.165) is 25.7 Å². The summed E-state index contributed by atoms with van der Waals surface area (Å²) < 4.78 is 0. The van der Waals surface area contributed by atoms with Gasteiger partial charge in [0, 0.05) is 6.42 Å². The van der Waals surface area contributed by atoms with Crippen molar-refractivity contribution in [2.24, 2.45) is 0 Å². The van der Waals surface area contributed by atoms with Gasteiger partial charge in [-0.1, -0.05) is 276 Å². The van der Waals surface area contributed by atoms with Gasteiger partial charge in [-0.25, -0.2) is 0 Å². The molecule has 0 aromatic carbocycles. The maximum absolute atomic E-state index is 12.4. The van der Waals surface area contributed by atoms with Crippen LogP contribution in [-0.4, -0.2) is 34.9 Å². The first kappa shape index (κ1) is 57.9. The van der Waals surface area contributed by atoms with Crippen molar-refractivity contribution in [2.45, 2.75) is 315 Å². The molecule has 0 aromatic heterocycles. The highest BCUT2D eigenvalue weighted by Crippen LogP contribution is 2.17. The minimum absolute atomic E-state index is 0.0621. The van der Waals surface area contributed by atoms with E-state index in [1.165, 1.54) is 257 Å². The lowest BCUT2D eigenvalue weighted by Crippen LogP contribution is -2.45. The second kappa shape index (κ2) is 51.2. The Morgan fingerprint density at radius 3 is 0.932 bits per heavy atom. The van der Waals surface area contributed by atoms with Crippen LogP contribution >= 0.6 is 0 Å². The third-order valence-corrected chi connectivity index (χ3v) is 12.7. The van der Waals surface area contributed by atoms with Crippen LogP contribution < -0.4 is 5.32 Å². The van der Waals surface area contributed by atoms with Crippen molar-refractivity contribution in [1.82, 2.24) is 5.32 Å². The van der Waals surface area contributed by atoms with Gasteiger partial charge in [-0.15, -0.1) is 0 Å². The summed E-state index contributed by atoms with van der Waals surface area (Å²) in [5.41, 5.74) is 0. The molecular weight excluding hydrogens is 723 g/mol. The first-order chi connectivity index (χ1) is 29.2. The Hall–Kier alpha value is -1.13. The summed E-state index contributed by atoms with van der Waals surface area (Å²) >= 11 is 0. The highest BCUT2D eigenvalue weighted by molar-refractivity contribution is 5.76. The zero-order valence-corrected chi connectivity index (χ0v) is 40.3. The molecule has 350 valence electrons. The van der Waals surface area contributed by atoms with Gasteiger partial charge in [0.1, 0.15) is 0 Å². The second-order valence-electron chi connectivity index (χ2n) is 18.7. The highest BCUT2D eigenvalue weighted by atomic mass is 16.3. The van der Waals surface area contributed by atoms with Crippen LogP contribution in [0.5, 0.6) is 0 Å². The van der Waals surface area contributed by atoms with Gasteiger partial charge >= 0.3 is 0 Å². The first-order valence-electron chi connectivity index (χ1n) is 27.1. The van der Waals surface area contributed by atoms with Gasteiger partial charge in [-0.2, -0.15) is 0 Å². The van der Waals surface area contributed by atoms with E-state index in [4.69, 9.17) is 0 Å². The zero-order valence-electron chi connectivity index (χ0n) is 40.3. The van der Waals surface area contributed by atoms with Crippen LogP contribution in [0.15, 0.2) is 24.3 Å². The Kier molecular flexibility index (Phi) is 50.2. The van der Waals surface area contributed by atoms with Crippen molar-refractivity contribution < 1.29 is 15.0 Å². The molecule has 0 rings (SSSR count). The molecule has 4 heteroatoms.